The number of H-pyrrole nitrogens is 1. The Morgan fingerprint density at radius 1 is 1.33 bits per heavy atom. The van der Waals surface area contributed by atoms with Crippen LogP contribution in [0, 0.1) is 6.92 Å². The number of aromatic nitrogens is 2. The molecule has 0 saturated carbocycles. The highest BCUT2D eigenvalue weighted by molar-refractivity contribution is 5.82. The van der Waals surface area contributed by atoms with E-state index in [-0.39, 0.29) is 11.8 Å². The van der Waals surface area contributed by atoms with Crippen LogP contribution >= 0.6 is 0 Å². The third-order valence-corrected chi connectivity index (χ3v) is 4.16. The molecule has 2 heterocycles. The molecule has 2 unspecified atom stereocenters. The number of fused-ring (bicyclic) bond motifs is 1. The first-order valence-corrected chi connectivity index (χ1v) is 7.11. The highest BCUT2D eigenvalue weighted by Crippen LogP contribution is 2.25. The van der Waals surface area contributed by atoms with Crippen LogP contribution < -0.4 is 0 Å². The van der Waals surface area contributed by atoms with Crippen molar-refractivity contribution < 1.29 is 9.90 Å². The summed E-state index contributed by atoms with van der Waals surface area (Å²) in [6.45, 7) is 4.90. The zero-order chi connectivity index (χ0) is 15.0. The number of benzene rings is 1. The van der Waals surface area contributed by atoms with Crippen molar-refractivity contribution in [2.45, 2.75) is 39.0 Å². The summed E-state index contributed by atoms with van der Waals surface area (Å²) in [5.41, 5.74) is 4.12. The fraction of sp³-hybridized carbons (Fsp3) is 0.375. The maximum atomic E-state index is 12.4. The van der Waals surface area contributed by atoms with Crippen molar-refractivity contribution in [2.75, 3.05) is 0 Å². The second-order valence-electron chi connectivity index (χ2n) is 5.71. The number of nitrogens with one attached hydrogen (secondary N) is 1. The van der Waals surface area contributed by atoms with Crippen molar-refractivity contribution in [2.24, 2.45) is 0 Å². The number of hydrogen-bond donors (Lipinski definition) is 2. The van der Waals surface area contributed by atoms with Gasteiger partial charge in [0.15, 0.2) is 0 Å². The summed E-state index contributed by atoms with van der Waals surface area (Å²) in [5, 5.41) is 17.2. The van der Waals surface area contributed by atoms with Crippen LogP contribution in [0.4, 0.5) is 0 Å². The standard InChI is InChI=1S/C16H19N3O2/c1-10-3-5-12(6-4-10)11(2)15(20)16(21)19-8-13-7-17-18-14(13)9-19/h3-7,11,15,20H,8-9H2,1-2H3,(H,17,18). The summed E-state index contributed by atoms with van der Waals surface area (Å²) in [4.78, 5) is 14.1. The summed E-state index contributed by atoms with van der Waals surface area (Å²) in [7, 11) is 0. The molecule has 110 valence electrons. The van der Waals surface area contributed by atoms with Crippen LogP contribution in [-0.4, -0.2) is 32.2 Å². The van der Waals surface area contributed by atoms with Crippen LogP contribution in [-0.2, 0) is 17.9 Å². The van der Waals surface area contributed by atoms with Gasteiger partial charge in [0.25, 0.3) is 5.91 Å². The van der Waals surface area contributed by atoms with Gasteiger partial charge in [0.1, 0.15) is 6.10 Å². The van der Waals surface area contributed by atoms with E-state index in [9.17, 15) is 9.90 Å². The van der Waals surface area contributed by atoms with Crippen molar-refractivity contribution >= 4 is 5.91 Å². The Hall–Kier alpha value is -2.14. The summed E-state index contributed by atoms with van der Waals surface area (Å²) in [6.07, 6.45) is 0.711. The maximum Gasteiger partial charge on any atom is 0.252 e. The molecule has 0 bridgehead atoms. The lowest BCUT2D eigenvalue weighted by Crippen LogP contribution is -2.38. The lowest BCUT2D eigenvalue weighted by atomic mass is 9.94. The molecular formula is C16H19N3O2. The lowest BCUT2D eigenvalue weighted by molar-refractivity contribution is -0.141. The summed E-state index contributed by atoms with van der Waals surface area (Å²) in [6, 6.07) is 7.92. The zero-order valence-electron chi connectivity index (χ0n) is 12.2. The molecule has 1 aliphatic rings. The summed E-state index contributed by atoms with van der Waals surface area (Å²) >= 11 is 0. The van der Waals surface area contributed by atoms with Gasteiger partial charge in [-0.25, -0.2) is 0 Å². The van der Waals surface area contributed by atoms with E-state index >= 15 is 0 Å². The Labute approximate surface area is 123 Å². The fourth-order valence-electron chi connectivity index (χ4n) is 2.67. The number of rotatable bonds is 3. The number of amides is 1. The van der Waals surface area contributed by atoms with Crippen LogP contribution in [0.1, 0.15) is 35.2 Å². The molecule has 1 aliphatic heterocycles. The zero-order valence-corrected chi connectivity index (χ0v) is 12.2. The highest BCUT2D eigenvalue weighted by Gasteiger charge is 2.32. The molecule has 0 saturated heterocycles. The van der Waals surface area contributed by atoms with Gasteiger partial charge in [-0.2, -0.15) is 5.10 Å². The van der Waals surface area contributed by atoms with Gasteiger partial charge in [-0.3, -0.25) is 9.89 Å². The molecule has 1 aromatic heterocycles. The number of aliphatic hydroxyl groups excluding tert-OH is 1. The SMILES string of the molecule is Cc1ccc(C(C)C(O)C(=O)N2Cc3cn[nH]c3C2)cc1. The molecule has 0 radical (unpaired) electrons. The van der Waals surface area contributed by atoms with Crippen molar-refractivity contribution in [1.29, 1.82) is 0 Å². The first-order chi connectivity index (χ1) is 10.1. The molecule has 2 atom stereocenters. The van der Waals surface area contributed by atoms with E-state index < -0.39 is 6.10 Å². The Balaban J connectivity index is 1.70. The van der Waals surface area contributed by atoms with Crippen molar-refractivity contribution in [1.82, 2.24) is 15.1 Å². The topological polar surface area (TPSA) is 69.2 Å². The molecule has 0 fully saturated rings. The Kier molecular flexibility index (Phi) is 3.51. The van der Waals surface area contributed by atoms with Crippen LogP contribution in [0.2, 0.25) is 0 Å². The number of carbonyl (C=O) groups excluding carboxylic acids is 1. The Morgan fingerprint density at radius 3 is 2.71 bits per heavy atom. The molecule has 0 spiro atoms. The number of aliphatic hydroxyl groups is 1. The quantitative estimate of drug-likeness (QED) is 0.902. The Bertz CT molecular complexity index is 627. The summed E-state index contributed by atoms with van der Waals surface area (Å²) in [5.74, 6) is -0.456. The molecule has 3 rings (SSSR count). The Morgan fingerprint density at radius 2 is 2.05 bits per heavy atom. The molecule has 5 nitrogen and oxygen atoms in total. The minimum Gasteiger partial charge on any atom is -0.383 e. The highest BCUT2D eigenvalue weighted by atomic mass is 16.3. The molecule has 1 aromatic carbocycles. The predicted molar refractivity (Wildman–Crippen MR) is 78.4 cm³/mol. The third-order valence-electron chi connectivity index (χ3n) is 4.16. The number of hydrogen-bond acceptors (Lipinski definition) is 3. The monoisotopic (exact) mass is 285 g/mol. The van der Waals surface area contributed by atoms with Gasteiger partial charge >= 0.3 is 0 Å². The predicted octanol–water partition coefficient (Wildman–Crippen LogP) is 1.72. The van der Waals surface area contributed by atoms with Crippen LogP contribution in [0.25, 0.3) is 0 Å². The van der Waals surface area contributed by atoms with E-state index in [4.69, 9.17) is 0 Å². The minimum absolute atomic E-state index is 0.227. The molecule has 0 aliphatic carbocycles. The molecular weight excluding hydrogens is 266 g/mol. The van der Waals surface area contributed by atoms with Gasteiger partial charge in [-0.05, 0) is 12.5 Å². The largest absolute Gasteiger partial charge is 0.383 e. The van der Waals surface area contributed by atoms with Crippen LogP contribution in [0.3, 0.4) is 0 Å². The first kappa shape index (κ1) is 13.8. The minimum atomic E-state index is -1.02. The number of carbonyl (C=O) groups is 1. The van der Waals surface area contributed by atoms with Crippen LogP contribution in [0.15, 0.2) is 30.5 Å². The van der Waals surface area contributed by atoms with Gasteiger partial charge in [0.2, 0.25) is 0 Å². The molecule has 1 amide bonds. The number of aromatic amines is 1. The second kappa shape index (κ2) is 5.33. The maximum absolute atomic E-state index is 12.4. The van der Waals surface area contributed by atoms with Gasteiger partial charge in [-0.1, -0.05) is 36.8 Å². The summed E-state index contributed by atoms with van der Waals surface area (Å²) < 4.78 is 0. The number of aryl methyl sites for hydroxylation is 1. The van der Waals surface area contributed by atoms with Crippen molar-refractivity contribution in [3.05, 3.63) is 52.8 Å². The molecule has 2 aromatic rings. The molecule has 5 heteroatoms. The lowest BCUT2D eigenvalue weighted by Gasteiger charge is -2.24. The van der Waals surface area contributed by atoms with Gasteiger partial charge in [-0.15, -0.1) is 0 Å². The van der Waals surface area contributed by atoms with E-state index in [0.29, 0.717) is 13.1 Å². The van der Waals surface area contributed by atoms with Crippen LogP contribution in [0.5, 0.6) is 0 Å². The van der Waals surface area contributed by atoms with Crippen molar-refractivity contribution in [3.63, 3.8) is 0 Å². The van der Waals surface area contributed by atoms with Gasteiger partial charge in [0.05, 0.1) is 18.4 Å². The average Bonchev–Trinajstić information content (AvgIpc) is 3.07. The number of nitrogens with zero attached hydrogens (tertiary/aromatic N) is 2. The molecule has 21 heavy (non-hydrogen) atoms. The van der Waals surface area contributed by atoms with E-state index in [2.05, 4.69) is 10.2 Å². The average molecular weight is 285 g/mol. The first-order valence-electron chi connectivity index (χ1n) is 7.11. The van der Waals surface area contributed by atoms with E-state index in [1.165, 1.54) is 0 Å². The second-order valence-corrected chi connectivity index (χ2v) is 5.71. The van der Waals surface area contributed by atoms with Crippen molar-refractivity contribution in [3.8, 4) is 0 Å². The normalized spacial score (nSPS) is 16.6. The van der Waals surface area contributed by atoms with E-state index in [0.717, 1.165) is 22.4 Å². The van der Waals surface area contributed by atoms with Gasteiger partial charge < -0.3 is 10.0 Å². The van der Waals surface area contributed by atoms with Gasteiger partial charge in [0, 0.05) is 18.0 Å². The molecule has 2 N–H and O–H groups in total. The third kappa shape index (κ3) is 2.56. The smallest absolute Gasteiger partial charge is 0.252 e. The van der Waals surface area contributed by atoms with E-state index in [1.54, 1.807) is 11.1 Å². The van der Waals surface area contributed by atoms with E-state index in [1.807, 2.05) is 38.1 Å². The fourth-order valence-corrected chi connectivity index (χ4v) is 2.67.